The average molecular weight is 208 g/mol. The first-order valence-corrected chi connectivity index (χ1v) is 5.31. The molecule has 0 spiro atoms. The van der Waals surface area contributed by atoms with E-state index in [1.165, 1.54) is 11.3 Å². The second-order valence-corrected chi connectivity index (χ2v) is 4.22. The molecular weight excluding hydrogens is 196 g/mol. The van der Waals surface area contributed by atoms with E-state index in [2.05, 4.69) is 23.9 Å². The first-order chi connectivity index (χ1) is 6.68. The molecule has 0 bridgehead atoms. The lowest BCUT2D eigenvalue weighted by atomic mass is 10.3. The summed E-state index contributed by atoms with van der Waals surface area (Å²) in [5.74, 6) is 0. The summed E-state index contributed by atoms with van der Waals surface area (Å²) in [5, 5.41) is 6.79. The van der Waals surface area contributed by atoms with Crippen LogP contribution in [0.5, 0.6) is 0 Å². The first-order valence-electron chi connectivity index (χ1n) is 4.43. The fraction of sp³-hybridized carbons (Fsp3) is 0.333. The van der Waals surface area contributed by atoms with Gasteiger partial charge in [0.05, 0.1) is 5.69 Å². The third kappa shape index (κ3) is 1.50. The van der Waals surface area contributed by atoms with E-state index < -0.39 is 0 Å². The van der Waals surface area contributed by atoms with Crippen molar-refractivity contribution in [2.45, 2.75) is 19.9 Å². The molecule has 0 aliphatic carbocycles. The first kappa shape index (κ1) is 9.21. The maximum absolute atomic E-state index is 5.59. The number of hydrogen-bond donors (Lipinski definition) is 1. The number of thiazole rings is 1. The summed E-state index contributed by atoms with van der Waals surface area (Å²) in [5.41, 5.74) is 7.51. The van der Waals surface area contributed by atoms with Gasteiger partial charge in [-0.2, -0.15) is 5.10 Å². The van der Waals surface area contributed by atoms with Gasteiger partial charge in [0.1, 0.15) is 5.69 Å². The van der Waals surface area contributed by atoms with E-state index in [1.54, 1.807) is 6.20 Å². The molecule has 0 aliphatic heterocycles. The number of nitrogens with two attached hydrogens (primary N) is 1. The van der Waals surface area contributed by atoms with Gasteiger partial charge < -0.3 is 5.73 Å². The number of anilines is 1. The molecule has 0 saturated heterocycles. The zero-order valence-electron chi connectivity index (χ0n) is 8.14. The SMILES string of the molecule is CC(C)n1nccc1-c1csc(N)n1. The van der Waals surface area contributed by atoms with Crippen molar-refractivity contribution in [3.63, 3.8) is 0 Å². The van der Waals surface area contributed by atoms with Crippen LogP contribution < -0.4 is 5.73 Å². The minimum atomic E-state index is 0.336. The Balaban J connectivity index is 2.46. The van der Waals surface area contributed by atoms with Gasteiger partial charge in [-0.25, -0.2) is 4.98 Å². The van der Waals surface area contributed by atoms with Gasteiger partial charge in [0.25, 0.3) is 0 Å². The molecule has 14 heavy (non-hydrogen) atoms. The van der Waals surface area contributed by atoms with E-state index in [1.807, 2.05) is 16.1 Å². The molecule has 2 heterocycles. The van der Waals surface area contributed by atoms with E-state index in [0.717, 1.165) is 11.4 Å². The van der Waals surface area contributed by atoms with Crippen LogP contribution in [0.1, 0.15) is 19.9 Å². The predicted molar refractivity (Wildman–Crippen MR) is 58.1 cm³/mol. The lowest BCUT2D eigenvalue weighted by molar-refractivity contribution is 0.538. The molecule has 0 amide bonds. The molecule has 0 aromatic carbocycles. The van der Waals surface area contributed by atoms with Crippen LogP contribution >= 0.6 is 11.3 Å². The minimum absolute atomic E-state index is 0.336. The molecule has 2 rings (SSSR count). The maximum atomic E-state index is 5.59. The van der Waals surface area contributed by atoms with Crippen molar-refractivity contribution in [1.29, 1.82) is 0 Å². The van der Waals surface area contributed by atoms with Gasteiger partial charge in [0, 0.05) is 17.6 Å². The monoisotopic (exact) mass is 208 g/mol. The van der Waals surface area contributed by atoms with E-state index in [9.17, 15) is 0 Å². The molecule has 0 fully saturated rings. The third-order valence-electron chi connectivity index (χ3n) is 1.94. The van der Waals surface area contributed by atoms with Gasteiger partial charge in [-0.1, -0.05) is 0 Å². The average Bonchev–Trinajstić information content (AvgIpc) is 2.70. The molecule has 4 nitrogen and oxygen atoms in total. The van der Waals surface area contributed by atoms with Crippen LogP contribution in [0.15, 0.2) is 17.6 Å². The highest BCUT2D eigenvalue weighted by atomic mass is 32.1. The Hall–Kier alpha value is -1.36. The number of hydrogen-bond acceptors (Lipinski definition) is 4. The third-order valence-corrected chi connectivity index (χ3v) is 2.62. The molecule has 2 aromatic rings. The van der Waals surface area contributed by atoms with Crippen LogP contribution in [-0.4, -0.2) is 14.8 Å². The van der Waals surface area contributed by atoms with Crippen LogP contribution in [-0.2, 0) is 0 Å². The van der Waals surface area contributed by atoms with Gasteiger partial charge in [-0.3, -0.25) is 4.68 Å². The van der Waals surface area contributed by atoms with Crippen molar-refractivity contribution in [2.75, 3.05) is 5.73 Å². The summed E-state index contributed by atoms with van der Waals surface area (Å²) >= 11 is 1.45. The smallest absolute Gasteiger partial charge is 0.180 e. The lowest BCUT2D eigenvalue weighted by Crippen LogP contribution is -2.04. The van der Waals surface area contributed by atoms with Gasteiger partial charge in [-0.05, 0) is 19.9 Å². The maximum Gasteiger partial charge on any atom is 0.180 e. The number of nitrogens with zero attached hydrogens (tertiary/aromatic N) is 3. The number of rotatable bonds is 2. The lowest BCUT2D eigenvalue weighted by Gasteiger charge is -2.08. The van der Waals surface area contributed by atoms with Crippen LogP contribution in [0, 0.1) is 0 Å². The highest BCUT2D eigenvalue weighted by Crippen LogP contribution is 2.24. The fourth-order valence-electron chi connectivity index (χ4n) is 1.33. The fourth-order valence-corrected chi connectivity index (χ4v) is 1.89. The van der Waals surface area contributed by atoms with Gasteiger partial charge in [0.2, 0.25) is 0 Å². The zero-order valence-corrected chi connectivity index (χ0v) is 8.95. The summed E-state index contributed by atoms with van der Waals surface area (Å²) in [6.07, 6.45) is 1.78. The molecular formula is C9H12N4S. The van der Waals surface area contributed by atoms with Crippen molar-refractivity contribution >= 4 is 16.5 Å². The highest BCUT2D eigenvalue weighted by molar-refractivity contribution is 7.13. The largest absolute Gasteiger partial charge is 0.375 e. The Morgan fingerprint density at radius 3 is 2.86 bits per heavy atom. The molecule has 0 radical (unpaired) electrons. The summed E-state index contributed by atoms with van der Waals surface area (Å²) < 4.78 is 1.94. The van der Waals surface area contributed by atoms with Crippen molar-refractivity contribution in [3.05, 3.63) is 17.6 Å². The molecule has 0 unspecified atom stereocenters. The summed E-state index contributed by atoms with van der Waals surface area (Å²) in [4.78, 5) is 4.23. The summed E-state index contributed by atoms with van der Waals surface area (Å²) in [6, 6.07) is 2.29. The Kier molecular flexibility index (Phi) is 2.25. The van der Waals surface area contributed by atoms with Crippen LogP contribution in [0.4, 0.5) is 5.13 Å². The van der Waals surface area contributed by atoms with Crippen molar-refractivity contribution < 1.29 is 0 Å². The Labute approximate surface area is 86.4 Å². The molecule has 5 heteroatoms. The van der Waals surface area contributed by atoms with E-state index >= 15 is 0 Å². The van der Waals surface area contributed by atoms with Crippen LogP contribution in [0.3, 0.4) is 0 Å². The normalized spacial score (nSPS) is 11.1. The van der Waals surface area contributed by atoms with E-state index in [4.69, 9.17) is 5.73 Å². The Morgan fingerprint density at radius 1 is 1.50 bits per heavy atom. The minimum Gasteiger partial charge on any atom is -0.375 e. The highest BCUT2D eigenvalue weighted by Gasteiger charge is 2.10. The Morgan fingerprint density at radius 2 is 2.29 bits per heavy atom. The van der Waals surface area contributed by atoms with Gasteiger partial charge >= 0.3 is 0 Å². The molecule has 74 valence electrons. The van der Waals surface area contributed by atoms with Crippen LogP contribution in [0.25, 0.3) is 11.4 Å². The van der Waals surface area contributed by atoms with E-state index in [-0.39, 0.29) is 0 Å². The van der Waals surface area contributed by atoms with Crippen molar-refractivity contribution in [1.82, 2.24) is 14.8 Å². The molecule has 0 atom stereocenters. The Bertz CT molecular complexity index is 429. The van der Waals surface area contributed by atoms with Gasteiger partial charge in [0.15, 0.2) is 5.13 Å². The number of aromatic nitrogens is 3. The molecule has 0 saturated carbocycles. The second-order valence-electron chi connectivity index (χ2n) is 3.33. The second kappa shape index (κ2) is 3.42. The quantitative estimate of drug-likeness (QED) is 0.822. The molecule has 2 N–H and O–H groups in total. The predicted octanol–water partition coefficient (Wildman–Crippen LogP) is 2.17. The number of nitrogen functional groups attached to an aromatic ring is 1. The zero-order chi connectivity index (χ0) is 10.1. The van der Waals surface area contributed by atoms with Crippen LogP contribution in [0.2, 0.25) is 0 Å². The standard InChI is InChI=1S/C9H12N4S/c1-6(2)13-8(3-4-11-13)7-5-14-9(10)12-7/h3-6H,1-2H3,(H2,10,12). The summed E-state index contributed by atoms with van der Waals surface area (Å²) in [6.45, 7) is 4.18. The van der Waals surface area contributed by atoms with Gasteiger partial charge in [-0.15, -0.1) is 11.3 Å². The van der Waals surface area contributed by atoms with E-state index in [0.29, 0.717) is 11.2 Å². The summed E-state index contributed by atoms with van der Waals surface area (Å²) in [7, 11) is 0. The van der Waals surface area contributed by atoms with Crippen molar-refractivity contribution in [2.24, 2.45) is 0 Å². The topological polar surface area (TPSA) is 56.7 Å². The molecule has 0 aliphatic rings. The molecule has 2 aromatic heterocycles. The van der Waals surface area contributed by atoms with Crippen molar-refractivity contribution in [3.8, 4) is 11.4 Å².